The molecule has 2 aromatic rings. The summed E-state index contributed by atoms with van der Waals surface area (Å²) in [4.78, 5) is 2.46. The number of nitrogens with zero attached hydrogens (tertiary/aromatic N) is 5. The number of aromatic nitrogens is 3. The van der Waals surface area contributed by atoms with Crippen molar-refractivity contribution in [3.8, 4) is 0 Å². The highest BCUT2D eigenvalue weighted by Gasteiger charge is 2.33. The van der Waals surface area contributed by atoms with E-state index >= 15 is 0 Å². The van der Waals surface area contributed by atoms with Gasteiger partial charge in [-0.3, -0.25) is 9.58 Å². The number of piperazine rings is 1. The molecule has 0 saturated carbocycles. The summed E-state index contributed by atoms with van der Waals surface area (Å²) in [5.74, 6) is 0.351. The zero-order valence-electron chi connectivity index (χ0n) is 13.3. The molecule has 126 valence electrons. The molecule has 8 nitrogen and oxygen atoms in total. The number of hydrogen-bond acceptors (Lipinski definition) is 6. The summed E-state index contributed by atoms with van der Waals surface area (Å²) in [6, 6.07) is 1.90. The molecule has 3 heterocycles. The highest BCUT2D eigenvalue weighted by molar-refractivity contribution is 7.89. The van der Waals surface area contributed by atoms with Crippen LogP contribution in [0.1, 0.15) is 11.5 Å². The van der Waals surface area contributed by atoms with Crippen LogP contribution >= 0.6 is 0 Å². The predicted molar refractivity (Wildman–Crippen MR) is 83.4 cm³/mol. The maximum atomic E-state index is 12.7. The number of rotatable bonds is 5. The van der Waals surface area contributed by atoms with Crippen molar-refractivity contribution in [2.24, 2.45) is 0 Å². The van der Waals surface area contributed by atoms with E-state index in [9.17, 15) is 8.42 Å². The fourth-order valence-corrected chi connectivity index (χ4v) is 4.56. The first-order valence-corrected chi connectivity index (χ1v) is 9.05. The summed E-state index contributed by atoms with van der Waals surface area (Å²) in [7, 11) is -3.53. The molecule has 0 bridgehead atoms. The van der Waals surface area contributed by atoms with Crippen LogP contribution in [0, 0.1) is 13.8 Å². The number of hydrogen-bond donors (Lipinski definition) is 0. The van der Waals surface area contributed by atoms with Crippen LogP contribution in [-0.4, -0.2) is 65.3 Å². The molecule has 0 N–H and O–H groups in total. The van der Waals surface area contributed by atoms with Crippen LogP contribution in [0.4, 0.5) is 0 Å². The van der Waals surface area contributed by atoms with Crippen LogP contribution < -0.4 is 0 Å². The van der Waals surface area contributed by atoms with Crippen LogP contribution in [0.25, 0.3) is 0 Å². The van der Waals surface area contributed by atoms with Crippen LogP contribution in [0.2, 0.25) is 0 Å². The van der Waals surface area contributed by atoms with E-state index < -0.39 is 10.0 Å². The topological polar surface area (TPSA) is 84.5 Å². The van der Waals surface area contributed by atoms with E-state index in [-0.39, 0.29) is 4.90 Å². The quantitative estimate of drug-likeness (QED) is 0.788. The Balaban J connectivity index is 1.60. The van der Waals surface area contributed by atoms with Gasteiger partial charge in [-0.25, -0.2) is 8.42 Å². The second kappa shape index (κ2) is 6.42. The summed E-state index contributed by atoms with van der Waals surface area (Å²) in [5.41, 5.74) is 0.420. The third-order valence-electron chi connectivity index (χ3n) is 4.10. The molecular formula is C14H21N5O3S. The van der Waals surface area contributed by atoms with Gasteiger partial charge in [0.05, 0.1) is 6.54 Å². The lowest BCUT2D eigenvalue weighted by molar-refractivity contribution is 0.181. The molecule has 0 amide bonds. The molecule has 3 rings (SSSR count). The Bertz CT molecular complexity index is 726. The molecule has 0 unspecified atom stereocenters. The van der Waals surface area contributed by atoms with Crippen molar-refractivity contribution in [3.63, 3.8) is 0 Å². The minimum atomic E-state index is -3.53. The molecule has 0 radical (unpaired) electrons. The molecule has 0 aromatic carbocycles. The molecule has 2 aromatic heterocycles. The number of aryl methyl sites for hydroxylation is 2. The molecule has 1 aliphatic rings. The Morgan fingerprint density at radius 3 is 2.48 bits per heavy atom. The monoisotopic (exact) mass is 339 g/mol. The third kappa shape index (κ3) is 3.31. The van der Waals surface area contributed by atoms with Gasteiger partial charge in [-0.2, -0.15) is 9.40 Å². The summed E-state index contributed by atoms with van der Waals surface area (Å²) in [6.45, 7) is 7.34. The van der Waals surface area contributed by atoms with E-state index in [0.29, 0.717) is 37.6 Å². The van der Waals surface area contributed by atoms with Gasteiger partial charge in [0.15, 0.2) is 5.76 Å². The first kappa shape index (κ1) is 16.2. The molecule has 1 saturated heterocycles. The van der Waals surface area contributed by atoms with Crippen molar-refractivity contribution < 1.29 is 12.9 Å². The van der Waals surface area contributed by atoms with Gasteiger partial charge in [0.25, 0.3) is 0 Å². The van der Waals surface area contributed by atoms with Gasteiger partial charge in [0.2, 0.25) is 10.0 Å². The zero-order chi connectivity index (χ0) is 16.4. The van der Waals surface area contributed by atoms with E-state index in [1.54, 1.807) is 20.0 Å². The Morgan fingerprint density at radius 1 is 1.17 bits per heavy atom. The van der Waals surface area contributed by atoms with Crippen LogP contribution in [-0.2, 0) is 16.6 Å². The van der Waals surface area contributed by atoms with Crippen LogP contribution in [0.5, 0.6) is 0 Å². The fraction of sp³-hybridized carbons (Fsp3) is 0.571. The molecule has 1 fully saturated rings. The molecule has 0 atom stereocenters. The summed E-state index contributed by atoms with van der Waals surface area (Å²) in [5, 5.41) is 7.92. The lowest BCUT2D eigenvalue weighted by atomic mass is 10.3. The van der Waals surface area contributed by atoms with Gasteiger partial charge in [0, 0.05) is 45.1 Å². The third-order valence-corrected chi connectivity index (χ3v) is 6.25. The predicted octanol–water partition coefficient (Wildman–Crippen LogP) is 0.494. The van der Waals surface area contributed by atoms with Gasteiger partial charge in [-0.15, -0.1) is 0 Å². The van der Waals surface area contributed by atoms with Crippen molar-refractivity contribution in [3.05, 3.63) is 29.9 Å². The molecule has 0 spiro atoms. The Morgan fingerprint density at radius 2 is 1.91 bits per heavy atom. The van der Waals surface area contributed by atoms with E-state index in [2.05, 4.69) is 15.2 Å². The molecule has 9 heteroatoms. The minimum absolute atomic E-state index is 0.211. The van der Waals surface area contributed by atoms with Crippen molar-refractivity contribution in [1.82, 2.24) is 24.1 Å². The average Bonchev–Trinajstić information content (AvgIpc) is 3.15. The lowest BCUT2D eigenvalue weighted by Crippen LogP contribution is -2.49. The van der Waals surface area contributed by atoms with Crippen LogP contribution in [0.15, 0.2) is 27.9 Å². The molecular weight excluding hydrogens is 318 g/mol. The SMILES string of the molecule is Cc1noc(C)c1S(=O)(=O)N1CCN(CCn2cccn2)CC1. The summed E-state index contributed by atoms with van der Waals surface area (Å²) in [6.07, 6.45) is 3.69. The highest BCUT2D eigenvalue weighted by Crippen LogP contribution is 2.24. The van der Waals surface area contributed by atoms with Gasteiger partial charge >= 0.3 is 0 Å². The van der Waals surface area contributed by atoms with Gasteiger partial charge in [0.1, 0.15) is 10.6 Å². The second-order valence-electron chi connectivity index (χ2n) is 5.67. The first-order valence-electron chi connectivity index (χ1n) is 7.61. The Labute approximate surface area is 135 Å². The fourth-order valence-electron chi connectivity index (χ4n) is 2.84. The summed E-state index contributed by atoms with van der Waals surface area (Å²) >= 11 is 0. The Hall–Kier alpha value is -1.71. The smallest absolute Gasteiger partial charge is 0.248 e. The average molecular weight is 339 g/mol. The maximum absolute atomic E-state index is 12.7. The van der Waals surface area contributed by atoms with Crippen LogP contribution in [0.3, 0.4) is 0 Å². The standard InChI is InChI=1S/C14H21N5O3S/c1-12-14(13(2)22-16-12)23(20,21)19-10-7-17(8-11-19)6-9-18-5-3-4-15-18/h3-5H,6-11H2,1-2H3. The van der Waals surface area contributed by atoms with Gasteiger partial charge in [-0.05, 0) is 19.9 Å². The largest absolute Gasteiger partial charge is 0.360 e. The van der Waals surface area contributed by atoms with E-state index in [0.717, 1.165) is 13.1 Å². The lowest BCUT2D eigenvalue weighted by Gasteiger charge is -2.33. The molecule has 0 aliphatic carbocycles. The first-order chi connectivity index (χ1) is 11.0. The zero-order valence-corrected chi connectivity index (χ0v) is 14.2. The van der Waals surface area contributed by atoms with Crippen molar-refractivity contribution >= 4 is 10.0 Å². The van der Waals surface area contributed by atoms with Gasteiger partial charge in [-0.1, -0.05) is 5.16 Å². The second-order valence-corrected chi connectivity index (χ2v) is 7.54. The van der Waals surface area contributed by atoms with E-state index in [1.165, 1.54) is 4.31 Å². The van der Waals surface area contributed by atoms with Crippen molar-refractivity contribution in [2.45, 2.75) is 25.3 Å². The highest BCUT2D eigenvalue weighted by atomic mass is 32.2. The molecule has 1 aliphatic heterocycles. The summed E-state index contributed by atoms with van der Waals surface area (Å²) < 4.78 is 33.9. The molecule has 23 heavy (non-hydrogen) atoms. The van der Waals surface area contributed by atoms with Gasteiger partial charge < -0.3 is 4.52 Å². The normalized spacial score (nSPS) is 17.7. The van der Waals surface area contributed by atoms with E-state index in [4.69, 9.17) is 4.52 Å². The maximum Gasteiger partial charge on any atom is 0.248 e. The number of sulfonamides is 1. The Kier molecular flexibility index (Phi) is 4.51. The minimum Gasteiger partial charge on any atom is -0.360 e. The van der Waals surface area contributed by atoms with Crippen molar-refractivity contribution in [1.29, 1.82) is 0 Å². The van der Waals surface area contributed by atoms with Crippen molar-refractivity contribution in [2.75, 3.05) is 32.7 Å². The van der Waals surface area contributed by atoms with E-state index in [1.807, 2.05) is 16.9 Å².